The minimum atomic E-state index is -1.22. The Morgan fingerprint density at radius 3 is 2.62 bits per heavy atom. The number of non-ortho nitro benzene ring substituents is 1. The van der Waals surface area contributed by atoms with Gasteiger partial charge in [-0.3, -0.25) is 19.5 Å². The first-order chi connectivity index (χ1) is 9.90. The molecule has 7 nitrogen and oxygen atoms in total. The van der Waals surface area contributed by atoms with Crippen LogP contribution in [0.1, 0.15) is 16.1 Å². The Hall–Kier alpha value is -2.48. The van der Waals surface area contributed by atoms with Crippen LogP contribution in [-0.4, -0.2) is 20.6 Å². The molecule has 2 rings (SSSR count). The Morgan fingerprint density at radius 1 is 1.33 bits per heavy atom. The summed E-state index contributed by atoms with van der Waals surface area (Å²) in [7, 11) is 0. The van der Waals surface area contributed by atoms with Crippen molar-refractivity contribution >= 4 is 27.6 Å². The summed E-state index contributed by atoms with van der Waals surface area (Å²) in [6.07, 6.45) is 0. The second kappa shape index (κ2) is 5.88. The number of pyridine rings is 1. The first-order valence-corrected chi connectivity index (χ1v) is 6.55. The van der Waals surface area contributed by atoms with Gasteiger partial charge in [0.15, 0.2) is 0 Å². The van der Waals surface area contributed by atoms with Gasteiger partial charge in [-0.15, -0.1) is 0 Å². The summed E-state index contributed by atoms with van der Waals surface area (Å²) >= 11 is 3.19. The molecule has 21 heavy (non-hydrogen) atoms. The number of aromatic carboxylic acids is 1. The highest BCUT2D eigenvalue weighted by molar-refractivity contribution is 9.10. The monoisotopic (exact) mass is 352 g/mol. The molecular weight excluding hydrogens is 344 g/mol. The second-order valence-corrected chi connectivity index (χ2v) is 5.03. The molecule has 0 fully saturated rings. The van der Waals surface area contributed by atoms with Gasteiger partial charge in [-0.2, -0.15) is 0 Å². The number of nitro benzene ring substituents is 1. The molecular formula is C13H9BrN2O5. The molecule has 0 aliphatic carbocycles. The van der Waals surface area contributed by atoms with Crippen LogP contribution < -0.4 is 5.56 Å². The third-order valence-electron chi connectivity index (χ3n) is 2.84. The van der Waals surface area contributed by atoms with Gasteiger partial charge in [0.2, 0.25) is 0 Å². The van der Waals surface area contributed by atoms with Crippen molar-refractivity contribution in [1.82, 2.24) is 4.57 Å². The van der Waals surface area contributed by atoms with Gasteiger partial charge < -0.3 is 5.11 Å². The number of halogens is 1. The molecule has 8 heteroatoms. The third-order valence-corrected chi connectivity index (χ3v) is 3.58. The lowest BCUT2D eigenvalue weighted by Crippen LogP contribution is -2.25. The van der Waals surface area contributed by atoms with Gasteiger partial charge in [-0.1, -0.05) is 22.0 Å². The van der Waals surface area contributed by atoms with Crippen LogP contribution >= 0.6 is 15.9 Å². The van der Waals surface area contributed by atoms with E-state index in [1.165, 1.54) is 36.4 Å². The zero-order chi connectivity index (χ0) is 15.6. The van der Waals surface area contributed by atoms with E-state index in [2.05, 4.69) is 15.9 Å². The van der Waals surface area contributed by atoms with Crippen molar-refractivity contribution < 1.29 is 14.8 Å². The summed E-state index contributed by atoms with van der Waals surface area (Å²) in [5.41, 5.74) is -0.131. The van der Waals surface area contributed by atoms with E-state index in [-0.39, 0.29) is 17.9 Å². The van der Waals surface area contributed by atoms with Crippen LogP contribution in [0.15, 0.2) is 45.7 Å². The molecule has 0 aliphatic rings. The zero-order valence-electron chi connectivity index (χ0n) is 10.5. The van der Waals surface area contributed by atoms with Crippen LogP contribution in [0.3, 0.4) is 0 Å². The molecule has 1 N–H and O–H groups in total. The van der Waals surface area contributed by atoms with Crippen LogP contribution in [0.5, 0.6) is 0 Å². The van der Waals surface area contributed by atoms with E-state index < -0.39 is 16.5 Å². The van der Waals surface area contributed by atoms with Crippen molar-refractivity contribution in [2.24, 2.45) is 0 Å². The third kappa shape index (κ3) is 3.16. The van der Waals surface area contributed by atoms with Crippen LogP contribution in [0.2, 0.25) is 0 Å². The molecule has 1 aromatic carbocycles. The Labute approximate surface area is 126 Å². The number of rotatable bonds is 4. The van der Waals surface area contributed by atoms with Crippen molar-refractivity contribution in [3.63, 3.8) is 0 Å². The van der Waals surface area contributed by atoms with E-state index in [0.29, 0.717) is 10.0 Å². The fourth-order valence-electron chi connectivity index (χ4n) is 1.82. The van der Waals surface area contributed by atoms with Gasteiger partial charge in [-0.25, -0.2) is 4.79 Å². The van der Waals surface area contributed by atoms with Crippen LogP contribution in [0, 0.1) is 10.1 Å². The maximum Gasteiger partial charge on any atom is 0.352 e. The highest BCUT2D eigenvalue weighted by atomic mass is 79.9. The Bertz CT molecular complexity index is 784. The molecule has 0 saturated heterocycles. The lowest BCUT2D eigenvalue weighted by atomic mass is 10.2. The molecule has 0 amide bonds. The Balaban J connectivity index is 2.46. The predicted molar refractivity (Wildman–Crippen MR) is 77.6 cm³/mol. The fraction of sp³-hybridized carbons (Fsp3) is 0.0769. The van der Waals surface area contributed by atoms with Crippen LogP contribution in [-0.2, 0) is 6.54 Å². The molecule has 0 atom stereocenters. The normalized spacial score (nSPS) is 10.3. The summed E-state index contributed by atoms with van der Waals surface area (Å²) < 4.78 is 1.53. The number of nitrogens with zero attached hydrogens (tertiary/aromatic N) is 2. The van der Waals surface area contributed by atoms with Gasteiger partial charge in [0.1, 0.15) is 5.69 Å². The zero-order valence-corrected chi connectivity index (χ0v) is 12.1. The SMILES string of the molecule is O=C(O)c1cccc(=O)n1Cc1ccc([N+](=O)[O-])cc1Br. The van der Waals surface area contributed by atoms with Crippen molar-refractivity contribution in [3.8, 4) is 0 Å². The minimum absolute atomic E-state index is 0.000115. The molecule has 0 unspecified atom stereocenters. The summed E-state index contributed by atoms with van der Waals surface area (Å²) in [5.74, 6) is -1.22. The highest BCUT2D eigenvalue weighted by Crippen LogP contribution is 2.23. The van der Waals surface area contributed by atoms with E-state index in [9.17, 15) is 19.7 Å². The number of carbonyl (C=O) groups is 1. The number of carboxylic acids is 1. The molecule has 108 valence electrons. The maximum atomic E-state index is 11.8. The number of hydrogen-bond donors (Lipinski definition) is 1. The smallest absolute Gasteiger partial charge is 0.352 e. The van der Waals surface area contributed by atoms with Gasteiger partial charge in [-0.05, 0) is 17.7 Å². The Kier molecular flexibility index (Phi) is 4.18. The van der Waals surface area contributed by atoms with Gasteiger partial charge in [0.05, 0.1) is 11.5 Å². The highest BCUT2D eigenvalue weighted by Gasteiger charge is 2.14. The number of hydrogen-bond acceptors (Lipinski definition) is 4. The topological polar surface area (TPSA) is 102 Å². The molecule has 0 bridgehead atoms. The van der Waals surface area contributed by atoms with Gasteiger partial charge in [0.25, 0.3) is 11.2 Å². The Morgan fingerprint density at radius 2 is 2.05 bits per heavy atom. The predicted octanol–water partition coefficient (Wildman–Crippen LogP) is 2.27. The van der Waals surface area contributed by atoms with Crippen LogP contribution in [0.25, 0.3) is 0 Å². The van der Waals surface area contributed by atoms with E-state index in [1.54, 1.807) is 0 Å². The lowest BCUT2D eigenvalue weighted by molar-refractivity contribution is -0.384. The summed E-state index contributed by atoms with van der Waals surface area (Å²) in [6.45, 7) is -0.000115. The second-order valence-electron chi connectivity index (χ2n) is 4.17. The van der Waals surface area contributed by atoms with E-state index in [0.717, 1.165) is 4.57 Å². The van der Waals surface area contributed by atoms with Gasteiger partial charge in [0, 0.05) is 22.7 Å². The number of benzene rings is 1. The summed E-state index contributed by atoms with van der Waals surface area (Å²) in [6, 6.07) is 8.04. The molecule has 0 spiro atoms. The van der Waals surface area contributed by atoms with E-state index >= 15 is 0 Å². The summed E-state index contributed by atoms with van der Waals surface area (Å²) in [4.78, 5) is 33.1. The van der Waals surface area contributed by atoms with Crippen molar-refractivity contribution in [2.45, 2.75) is 6.54 Å². The summed E-state index contributed by atoms with van der Waals surface area (Å²) in [5, 5.41) is 19.8. The molecule has 2 aromatic rings. The minimum Gasteiger partial charge on any atom is -0.477 e. The molecule has 1 heterocycles. The molecule has 0 saturated carbocycles. The average Bonchev–Trinajstić information content (AvgIpc) is 2.42. The lowest BCUT2D eigenvalue weighted by Gasteiger charge is -2.10. The van der Waals surface area contributed by atoms with Gasteiger partial charge >= 0.3 is 5.97 Å². The average molecular weight is 353 g/mol. The van der Waals surface area contributed by atoms with Crippen LogP contribution in [0.4, 0.5) is 5.69 Å². The van der Waals surface area contributed by atoms with Crippen molar-refractivity contribution in [3.05, 3.63) is 72.6 Å². The first kappa shape index (κ1) is 14.9. The first-order valence-electron chi connectivity index (χ1n) is 5.76. The quantitative estimate of drug-likeness (QED) is 0.671. The number of nitro groups is 1. The molecule has 1 aromatic heterocycles. The maximum absolute atomic E-state index is 11.8. The number of carboxylic acid groups (broad SMARTS) is 1. The molecule has 0 radical (unpaired) electrons. The van der Waals surface area contributed by atoms with Crippen molar-refractivity contribution in [2.75, 3.05) is 0 Å². The number of aromatic nitrogens is 1. The largest absolute Gasteiger partial charge is 0.477 e. The fourth-order valence-corrected chi connectivity index (χ4v) is 2.31. The van der Waals surface area contributed by atoms with E-state index in [4.69, 9.17) is 5.11 Å². The molecule has 0 aliphatic heterocycles. The standard InChI is InChI=1S/C13H9BrN2O5/c14-10-6-9(16(20)21)5-4-8(10)7-15-11(13(18)19)2-1-3-12(15)17/h1-6H,7H2,(H,18,19). The van der Waals surface area contributed by atoms with E-state index in [1.807, 2.05) is 0 Å². The van der Waals surface area contributed by atoms with Crippen molar-refractivity contribution in [1.29, 1.82) is 0 Å².